The van der Waals surface area contributed by atoms with E-state index in [0.717, 1.165) is 26.9 Å². The lowest BCUT2D eigenvalue weighted by Crippen LogP contribution is -1.92. The predicted octanol–water partition coefficient (Wildman–Crippen LogP) is 4.53. The van der Waals surface area contributed by atoms with Crippen molar-refractivity contribution in [2.75, 3.05) is 0 Å². The number of aryl methyl sites for hydroxylation is 1. The van der Waals surface area contributed by atoms with E-state index >= 15 is 0 Å². The number of aromatic nitrogens is 2. The van der Waals surface area contributed by atoms with Crippen molar-refractivity contribution in [3.63, 3.8) is 0 Å². The van der Waals surface area contributed by atoms with Gasteiger partial charge in [0.2, 0.25) is 0 Å². The summed E-state index contributed by atoms with van der Waals surface area (Å²) >= 11 is 9.44. The first-order valence-corrected chi connectivity index (χ1v) is 7.09. The highest BCUT2D eigenvalue weighted by molar-refractivity contribution is 9.10. The molecule has 1 aromatic heterocycles. The van der Waals surface area contributed by atoms with Crippen LogP contribution in [0.1, 0.15) is 5.56 Å². The molecule has 0 aliphatic carbocycles. The van der Waals surface area contributed by atoms with E-state index in [0.29, 0.717) is 10.6 Å². The van der Waals surface area contributed by atoms with E-state index < -0.39 is 0 Å². The molecule has 3 nitrogen and oxygen atoms in total. The van der Waals surface area contributed by atoms with Crippen molar-refractivity contribution in [2.24, 2.45) is 7.05 Å². The molecule has 0 unspecified atom stereocenters. The van der Waals surface area contributed by atoms with Crippen molar-refractivity contribution in [3.05, 3.63) is 51.5 Å². The molecule has 98 valence electrons. The van der Waals surface area contributed by atoms with Gasteiger partial charge in [0.15, 0.2) is 0 Å². The second-order valence-corrected chi connectivity index (χ2v) is 5.70. The summed E-state index contributed by atoms with van der Waals surface area (Å²) in [7, 11) is 1.94. The summed E-state index contributed by atoms with van der Waals surface area (Å²) in [6.07, 6.45) is 0. The van der Waals surface area contributed by atoms with Gasteiger partial charge in [0.25, 0.3) is 0 Å². The maximum Gasteiger partial charge on any atom is 0.140 e. The summed E-state index contributed by atoms with van der Waals surface area (Å²) in [6.45, 7) is 0. The molecule has 0 saturated heterocycles. The Morgan fingerprint density at radius 3 is 2.75 bits per heavy atom. The van der Waals surface area contributed by atoms with Gasteiger partial charge in [-0.2, -0.15) is 5.26 Å². The van der Waals surface area contributed by atoms with Gasteiger partial charge < -0.3 is 4.57 Å². The lowest BCUT2D eigenvalue weighted by molar-refractivity contribution is 0.959. The van der Waals surface area contributed by atoms with Gasteiger partial charge in [0.05, 0.1) is 27.7 Å². The zero-order chi connectivity index (χ0) is 14.3. The molecule has 0 amide bonds. The minimum absolute atomic E-state index is 0.629. The number of fused-ring (bicyclic) bond motifs is 1. The molecule has 0 saturated carbocycles. The first kappa shape index (κ1) is 13.2. The molecule has 0 fully saturated rings. The summed E-state index contributed by atoms with van der Waals surface area (Å²) in [5.74, 6) is 0.840. The Hall–Kier alpha value is -1.83. The van der Waals surface area contributed by atoms with E-state index in [2.05, 4.69) is 27.0 Å². The standard InChI is InChI=1S/C15H9BrClN3/c1-20-14-6-9(8-18)2-5-13(14)19-15(20)10-3-4-12(17)11(16)7-10/h2-7H,1H3. The molecule has 0 bridgehead atoms. The van der Waals surface area contributed by atoms with E-state index in [-0.39, 0.29) is 0 Å². The Kier molecular flexibility index (Phi) is 3.25. The summed E-state index contributed by atoms with van der Waals surface area (Å²) in [5, 5.41) is 9.64. The SMILES string of the molecule is Cn1c(-c2ccc(Cl)c(Br)c2)nc2ccc(C#N)cc21. The normalized spacial score (nSPS) is 10.7. The van der Waals surface area contributed by atoms with Gasteiger partial charge in [-0.1, -0.05) is 11.6 Å². The second kappa shape index (κ2) is 4.93. The highest BCUT2D eigenvalue weighted by atomic mass is 79.9. The number of nitriles is 1. The Bertz CT molecular complexity index is 861. The van der Waals surface area contributed by atoms with E-state index in [1.54, 1.807) is 6.07 Å². The maximum absolute atomic E-state index is 8.98. The van der Waals surface area contributed by atoms with Crippen LogP contribution in [0.2, 0.25) is 5.02 Å². The van der Waals surface area contributed by atoms with Crippen molar-refractivity contribution >= 4 is 38.6 Å². The monoisotopic (exact) mass is 345 g/mol. The van der Waals surface area contributed by atoms with Crippen molar-refractivity contribution in [3.8, 4) is 17.5 Å². The first-order valence-electron chi connectivity index (χ1n) is 5.92. The third kappa shape index (κ3) is 2.09. The highest BCUT2D eigenvalue weighted by Gasteiger charge is 2.11. The van der Waals surface area contributed by atoms with Crippen molar-refractivity contribution in [1.29, 1.82) is 5.26 Å². The number of hydrogen-bond donors (Lipinski definition) is 0. The number of benzene rings is 2. The van der Waals surface area contributed by atoms with Crippen LogP contribution in [0.3, 0.4) is 0 Å². The molecule has 0 atom stereocenters. The largest absolute Gasteiger partial charge is 0.327 e. The smallest absolute Gasteiger partial charge is 0.140 e. The quantitative estimate of drug-likeness (QED) is 0.649. The van der Waals surface area contributed by atoms with Crippen LogP contribution >= 0.6 is 27.5 Å². The zero-order valence-corrected chi connectivity index (χ0v) is 12.9. The molecule has 3 rings (SSSR count). The highest BCUT2D eigenvalue weighted by Crippen LogP contribution is 2.30. The molecule has 0 N–H and O–H groups in total. The predicted molar refractivity (Wildman–Crippen MR) is 83.6 cm³/mol. The molecular formula is C15H9BrClN3. The second-order valence-electron chi connectivity index (χ2n) is 4.44. The van der Waals surface area contributed by atoms with Gasteiger partial charge in [-0.15, -0.1) is 0 Å². The Labute approximate surface area is 129 Å². The topological polar surface area (TPSA) is 41.6 Å². The number of hydrogen-bond acceptors (Lipinski definition) is 2. The molecule has 0 radical (unpaired) electrons. The Balaban J connectivity index is 2.24. The third-order valence-corrected chi connectivity index (χ3v) is 4.40. The van der Waals surface area contributed by atoms with Crippen LogP contribution in [-0.4, -0.2) is 9.55 Å². The molecule has 3 aromatic rings. The average Bonchev–Trinajstić information content (AvgIpc) is 2.79. The fourth-order valence-corrected chi connectivity index (χ4v) is 2.65. The lowest BCUT2D eigenvalue weighted by atomic mass is 10.2. The van der Waals surface area contributed by atoms with Gasteiger partial charge in [-0.25, -0.2) is 4.98 Å². The molecule has 5 heteroatoms. The number of nitrogens with zero attached hydrogens (tertiary/aromatic N) is 3. The Morgan fingerprint density at radius 2 is 2.05 bits per heavy atom. The van der Waals surface area contributed by atoms with Crippen LogP contribution in [0, 0.1) is 11.3 Å². The van der Waals surface area contributed by atoms with E-state index in [4.69, 9.17) is 16.9 Å². The zero-order valence-electron chi connectivity index (χ0n) is 10.6. The molecule has 1 heterocycles. The molecular weight excluding hydrogens is 338 g/mol. The van der Waals surface area contributed by atoms with Crippen LogP contribution in [0.4, 0.5) is 0 Å². The van der Waals surface area contributed by atoms with E-state index in [1.807, 2.05) is 41.9 Å². The fourth-order valence-electron chi connectivity index (χ4n) is 2.15. The van der Waals surface area contributed by atoms with Gasteiger partial charge in [-0.05, 0) is 52.3 Å². The number of halogens is 2. The summed E-state index contributed by atoms with van der Waals surface area (Å²) in [4.78, 5) is 4.62. The molecule has 2 aromatic carbocycles. The first-order chi connectivity index (χ1) is 9.60. The van der Waals surface area contributed by atoms with Crippen LogP contribution in [-0.2, 0) is 7.05 Å². The molecule has 0 aliphatic heterocycles. The maximum atomic E-state index is 8.98. The number of imidazole rings is 1. The van der Waals surface area contributed by atoms with Gasteiger partial charge in [0, 0.05) is 17.1 Å². The van der Waals surface area contributed by atoms with E-state index in [9.17, 15) is 0 Å². The summed E-state index contributed by atoms with van der Waals surface area (Å²) in [5.41, 5.74) is 3.40. The van der Waals surface area contributed by atoms with Crippen LogP contribution in [0.25, 0.3) is 22.4 Å². The van der Waals surface area contributed by atoms with Crippen LogP contribution in [0.5, 0.6) is 0 Å². The minimum Gasteiger partial charge on any atom is -0.327 e. The van der Waals surface area contributed by atoms with Gasteiger partial charge in [0.1, 0.15) is 5.82 Å². The number of rotatable bonds is 1. The summed E-state index contributed by atoms with van der Waals surface area (Å²) in [6, 6.07) is 13.3. The van der Waals surface area contributed by atoms with Crippen LogP contribution < -0.4 is 0 Å². The van der Waals surface area contributed by atoms with E-state index in [1.165, 1.54) is 0 Å². The minimum atomic E-state index is 0.629. The molecule has 0 aliphatic rings. The summed E-state index contributed by atoms with van der Waals surface area (Å²) < 4.78 is 2.81. The van der Waals surface area contributed by atoms with Crippen molar-refractivity contribution in [1.82, 2.24) is 9.55 Å². The lowest BCUT2D eigenvalue weighted by Gasteiger charge is -2.04. The Morgan fingerprint density at radius 1 is 1.25 bits per heavy atom. The van der Waals surface area contributed by atoms with Crippen molar-refractivity contribution in [2.45, 2.75) is 0 Å². The van der Waals surface area contributed by atoms with Crippen molar-refractivity contribution < 1.29 is 0 Å². The molecule has 0 spiro atoms. The average molecular weight is 347 g/mol. The van der Waals surface area contributed by atoms with Gasteiger partial charge in [-0.3, -0.25) is 0 Å². The van der Waals surface area contributed by atoms with Gasteiger partial charge >= 0.3 is 0 Å². The van der Waals surface area contributed by atoms with Crippen LogP contribution in [0.15, 0.2) is 40.9 Å². The fraction of sp³-hybridized carbons (Fsp3) is 0.0667. The third-order valence-electron chi connectivity index (χ3n) is 3.19. The molecule has 20 heavy (non-hydrogen) atoms.